The number of aliphatic hydroxyl groups is 1. The lowest BCUT2D eigenvalue weighted by Gasteiger charge is -2.15. The van der Waals surface area contributed by atoms with Gasteiger partial charge in [-0.3, -0.25) is 4.79 Å². The number of aliphatic hydroxyl groups excluding tert-OH is 1. The molecule has 1 N–H and O–H groups in total. The number of hydrogen-bond acceptors (Lipinski definition) is 3. The van der Waals surface area contributed by atoms with Crippen molar-refractivity contribution >= 4 is 17.6 Å². The summed E-state index contributed by atoms with van der Waals surface area (Å²) in [5.41, 5.74) is 0.935. The Balaban J connectivity index is 2.52. The second-order valence-electron chi connectivity index (χ2n) is 3.41. The van der Waals surface area contributed by atoms with Gasteiger partial charge in [0.2, 0.25) is 0 Å². The van der Waals surface area contributed by atoms with Gasteiger partial charge in [0.25, 0.3) is 0 Å². The molecular formula is C12H15ClO3. The van der Waals surface area contributed by atoms with Gasteiger partial charge < -0.3 is 9.84 Å². The molecule has 0 aliphatic rings. The van der Waals surface area contributed by atoms with Gasteiger partial charge >= 0.3 is 5.97 Å². The molecule has 0 fully saturated rings. The van der Waals surface area contributed by atoms with E-state index in [0.29, 0.717) is 6.42 Å². The maximum Gasteiger partial charge on any atom is 0.326 e. The SMILES string of the molecule is CCOC(=O)[C@H](Cl)[C@H](O)Cc1ccccc1. The van der Waals surface area contributed by atoms with Crippen molar-refractivity contribution < 1.29 is 14.6 Å². The number of ether oxygens (including phenoxy) is 1. The van der Waals surface area contributed by atoms with Crippen molar-refractivity contribution in [2.45, 2.75) is 24.8 Å². The first-order valence-electron chi connectivity index (χ1n) is 5.17. The van der Waals surface area contributed by atoms with Crippen LogP contribution in [0.25, 0.3) is 0 Å². The third kappa shape index (κ3) is 3.83. The summed E-state index contributed by atoms with van der Waals surface area (Å²) in [5, 5.41) is 8.72. The minimum Gasteiger partial charge on any atom is -0.465 e. The zero-order chi connectivity index (χ0) is 12.0. The number of hydrogen-bond donors (Lipinski definition) is 1. The maximum absolute atomic E-state index is 11.3. The van der Waals surface area contributed by atoms with Gasteiger partial charge in [0.15, 0.2) is 5.38 Å². The Hall–Kier alpha value is -1.06. The summed E-state index contributed by atoms with van der Waals surface area (Å²) in [6.07, 6.45) is -0.587. The average Bonchev–Trinajstić information content (AvgIpc) is 2.29. The van der Waals surface area contributed by atoms with E-state index in [1.165, 1.54) is 0 Å². The topological polar surface area (TPSA) is 46.5 Å². The summed E-state index contributed by atoms with van der Waals surface area (Å²) in [7, 11) is 0. The van der Waals surface area contributed by atoms with E-state index in [0.717, 1.165) is 5.56 Å². The van der Waals surface area contributed by atoms with E-state index in [9.17, 15) is 9.90 Å². The summed E-state index contributed by atoms with van der Waals surface area (Å²) < 4.78 is 4.73. The molecule has 2 atom stereocenters. The molecule has 0 radical (unpaired) electrons. The average molecular weight is 243 g/mol. The van der Waals surface area contributed by atoms with Crippen LogP contribution in [0.15, 0.2) is 30.3 Å². The van der Waals surface area contributed by atoms with Crippen molar-refractivity contribution in [3.05, 3.63) is 35.9 Å². The predicted octanol–water partition coefficient (Wildman–Crippen LogP) is 1.76. The van der Waals surface area contributed by atoms with Crippen molar-refractivity contribution in [1.29, 1.82) is 0 Å². The van der Waals surface area contributed by atoms with E-state index in [2.05, 4.69) is 0 Å². The van der Waals surface area contributed by atoms with Gasteiger partial charge in [0.05, 0.1) is 12.7 Å². The maximum atomic E-state index is 11.3. The van der Waals surface area contributed by atoms with Gasteiger partial charge in [-0.15, -0.1) is 11.6 Å². The fourth-order valence-corrected chi connectivity index (χ4v) is 1.49. The lowest BCUT2D eigenvalue weighted by atomic mass is 10.1. The molecular weight excluding hydrogens is 228 g/mol. The molecule has 0 aromatic heterocycles. The summed E-state index contributed by atoms with van der Waals surface area (Å²) in [5.74, 6) is -0.576. The van der Waals surface area contributed by atoms with Gasteiger partial charge in [-0.25, -0.2) is 0 Å². The Kier molecular flexibility index (Phi) is 5.29. The van der Waals surface area contributed by atoms with Crippen LogP contribution in [0.3, 0.4) is 0 Å². The summed E-state index contributed by atoms with van der Waals surface area (Å²) >= 11 is 5.79. The predicted molar refractivity (Wildman–Crippen MR) is 62.4 cm³/mol. The van der Waals surface area contributed by atoms with E-state index < -0.39 is 17.5 Å². The summed E-state index contributed by atoms with van der Waals surface area (Å²) in [6, 6.07) is 9.38. The minimum absolute atomic E-state index is 0.264. The lowest BCUT2D eigenvalue weighted by Crippen LogP contribution is -2.32. The molecule has 1 rings (SSSR count). The first-order chi connectivity index (χ1) is 7.65. The molecule has 16 heavy (non-hydrogen) atoms. The molecule has 88 valence electrons. The first-order valence-corrected chi connectivity index (χ1v) is 5.61. The molecule has 0 heterocycles. The standard InChI is InChI=1S/C12H15ClO3/c1-2-16-12(15)11(13)10(14)8-9-6-4-3-5-7-9/h3-7,10-11,14H,2,8H2,1H3/t10-,11-/m1/s1. The van der Waals surface area contributed by atoms with E-state index in [1.54, 1.807) is 6.92 Å². The summed E-state index contributed by atoms with van der Waals surface area (Å²) in [6.45, 7) is 1.96. The van der Waals surface area contributed by atoms with E-state index in [-0.39, 0.29) is 6.61 Å². The molecule has 0 unspecified atom stereocenters. The number of alkyl halides is 1. The van der Waals surface area contributed by atoms with Crippen molar-refractivity contribution in [3.63, 3.8) is 0 Å². The Labute approximate surface area is 100.0 Å². The fourth-order valence-electron chi connectivity index (χ4n) is 1.34. The van der Waals surface area contributed by atoms with Crippen LogP contribution >= 0.6 is 11.6 Å². The van der Waals surface area contributed by atoms with Gasteiger partial charge in [0.1, 0.15) is 0 Å². The fraction of sp³-hybridized carbons (Fsp3) is 0.417. The number of rotatable bonds is 5. The second-order valence-corrected chi connectivity index (χ2v) is 3.88. The highest BCUT2D eigenvalue weighted by Gasteiger charge is 2.25. The third-order valence-electron chi connectivity index (χ3n) is 2.14. The van der Waals surface area contributed by atoms with Crippen LogP contribution in [0, 0.1) is 0 Å². The molecule has 0 bridgehead atoms. The van der Waals surface area contributed by atoms with Crippen molar-refractivity contribution in [2.75, 3.05) is 6.61 Å². The molecule has 1 aromatic rings. The largest absolute Gasteiger partial charge is 0.465 e. The van der Waals surface area contributed by atoms with Crippen molar-refractivity contribution in [2.24, 2.45) is 0 Å². The Morgan fingerprint density at radius 2 is 2.06 bits per heavy atom. The van der Waals surface area contributed by atoms with Gasteiger partial charge in [-0.05, 0) is 12.5 Å². The lowest BCUT2D eigenvalue weighted by molar-refractivity contribution is -0.144. The van der Waals surface area contributed by atoms with Crippen LogP contribution in [0.2, 0.25) is 0 Å². The van der Waals surface area contributed by atoms with Crippen LogP contribution in [0.1, 0.15) is 12.5 Å². The molecule has 1 aromatic carbocycles. The van der Waals surface area contributed by atoms with Crippen LogP contribution in [0.5, 0.6) is 0 Å². The van der Waals surface area contributed by atoms with Crippen molar-refractivity contribution in [1.82, 2.24) is 0 Å². The number of carbonyl (C=O) groups excluding carboxylic acids is 1. The highest BCUT2D eigenvalue weighted by molar-refractivity contribution is 6.30. The Morgan fingerprint density at radius 1 is 1.44 bits per heavy atom. The minimum atomic E-state index is -1.01. The van der Waals surface area contributed by atoms with Gasteiger partial charge in [-0.1, -0.05) is 30.3 Å². The molecule has 0 spiro atoms. The van der Waals surface area contributed by atoms with Crippen LogP contribution in [-0.4, -0.2) is 29.2 Å². The monoisotopic (exact) mass is 242 g/mol. The van der Waals surface area contributed by atoms with Crippen molar-refractivity contribution in [3.8, 4) is 0 Å². The molecule has 4 heteroatoms. The van der Waals surface area contributed by atoms with Gasteiger partial charge in [-0.2, -0.15) is 0 Å². The van der Waals surface area contributed by atoms with Crippen LogP contribution in [-0.2, 0) is 16.0 Å². The zero-order valence-corrected chi connectivity index (χ0v) is 9.85. The highest BCUT2D eigenvalue weighted by Crippen LogP contribution is 2.11. The van der Waals surface area contributed by atoms with Gasteiger partial charge in [0, 0.05) is 6.42 Å². The highest BCUT2D eigenvalue weighted by atomic mass is 35.5. The normalized spacial score (nSPS) is 14.2. The first kappa shape index (κ1) is 13.0. The Bertz CT molecular complexity index is 326. The van der Waals surface area contributed by atoms with E-state index in [1.807, 2.05) is 30.3 Å². The molecule has 0 aliphatic carbocycles. The van der Waals surface area contributed by atoms with E-state index in [4.69, 9.17) is 16.3 Å². The smallest absolute Gasteiger partial charge is 0.326 e. The van der Waals surface area contributed by atoms with Crippen LogP contribution < -0.4 is 0 Å². The molecule has 0 amide bonds. The Morgan fingerprint density at radius 3 is 2.62 bits per heavy atom. The number of carbonyl (C=O) groups is 1. The molecule has 3 nitrogen and oxygen atoms in total. The quantitative estimate of drug-likeness (QED) is 0.632. The molecule has 0 saturated heterocycles. The molecule has 0 aliphatic heterocycles. The summed E-state index contributed by atoms with van der Waals surface area (Å²) in [4.78, 5) is 11.3. The third-order valence-corrected chi connectivity index (χ3v) is 2.61. The molecule has 0 saturated carbocycles. The van der Waals surface area contributed by atoms with E-state index >= 15 is 0 Å². The number of benzene rings is 1. The number of esters is 1. The second kappa shape index (κ2) is 6.51. The zero-order valence-electron chi connectivity index (χ0n) is 9.10. The van der Waals surface area contributed by atoms with Crippen LogP contribution in [0.4, 0.5) is 0 Å². The number of halogens is 1.